The van der Waals surface area contributed by atoms with Gasteiger partial charge in [0, 0.05) is 11.6 Å². The molecule has 0 saturated heterocycles. The Bertz CT molecular complexity index is 488. The second-order valence-electron chi connectivity index (χ2n) is 4.27. The van der Waals surface area contributed by atoms with E-state index in [9.17, 15) is 14.7 Å². The standard InChI is InChI=1S/C13H16ClNO4/c1-8(2)15(7-12(17)19-3)13(18)9-4-5-11(16)10(14)6-9/h4-6,8,16H,7H2,1-3H3. The normalized spacial score (nSPS) is 10.4. The van der Waals surface area contributed by atoms with Gasteiger partial charge in [-0.05, 0) is 32.0 Å². The molecule has 0 aliphatic rings. The first kappa shape index (κ1) is 15.3. The highest BCUT2D eigenvalue weighted by molar-refractivity contribution is 6.32. The molecule has 1 aromatic carbocycles. The number of methoxy groups -OCH3 is 1. The average Bonchev–Trinajstić information content (AvgIpc) is 2.37. The lowest BCUT2D eigenvalue weighted by molar-refractivity contribution is -0.141. The van der Waals surface area contributed by atoms with Crippen LogP contribution in [-0.4, -0.2) is 41.6 Å². The zero-order valence-corrected chi connectivity index (χ0v) is 11.8. The number of halogens is 1. The minimum atomic E-state index is -0.494. The highest BCUT2D eigenvalue weighted by atomic mass is 35.5. The predicted molar refractivity (Wildman–Crippen MR) is 71.3 cm³/mol. The first-order valence-electron chi connectivity index (χ1n) is 5.73. The van der Waals surface area contributed by atoms with Crippen LogP contribution in [-0.2, 0) is 9.53 Å². The van der Waals surface area contributed by atoms with Crippen LogP contribution in [0.4, 0.5) is 0 Å². The molecule has 5 nitrogen and oxygen atoms in total. The summed E-state index contributed by atoms with van der Waals surface area (Å²) in [6, 6.07) is 3.99. The summed E-state index contributed by atoms with van der Waals surface area (Å²) in [4.78, 5) is 25.0. The predicted octanol–water partition coefficient (Wildman–Crippen LogP) is 2.07. The molecule has 0 heterocycles. The number of carbonyl (C=O) groups is 2. The Labute approximate surface area is 116 Å². The summed E-state index contributed by atoms with van der Waals surface area (Å²) in [5.41, 5.74) is 0.306. The van der Waals surface area contributed by atoms with Crippen LogP contribution in [0.1, 0.15) is 24.2 Å². The zero-order valence-electron chi connectivity index (χ0n) is 11.0. The lowest BCUT2D eigenvalue weighted by Gasteiger charge is -2.25. The number of carbonyl (C=O) groups excluding carboxylic acids is 2. The van der Waals surface area contributed by atoms with E-state index in [1.807, 2.05) is 0 Å². The van der Waals surface area contributed by atoms with Crippen LogP contribution in [0.5, 0.6) is 5.75 Å². The van der Waals surface area contributed by atoms with Gasteiger partial charge in [0.15, 0.2) is 0 Å². The fraction of sp³-hybridized carbons (Fsp3) is 0.385. The van der Waals surface area contributed by atoms with Gasteiger partial charge < -0.3 is 14.7 Å². The van der Waals surface area contributed by atoms with Crippen LogP contribution in [0.3, 0.4) is 0 Å². The van der Waals surface area contributed by atoms with Crippen molar-refractivity contribution in [3.63, 3.8) is 0 Å². The summed E-state index contributed by atoms with van der Waals surface area (Å²) in [6.45, 7) is 3.46. The molecular weight excluding hydrogens is 270 g/mol. The molecular formula is C13H16ClNO4. The molecule has 0 unspecified atom stereocenters. The number of rotatable bonds is 4. The van der Waals surface area contributed by atoms with Gasteiger partial charge in [0.05, 0.1) is 12.1 Å². The van der Waals surface area contributed by atoms with Crippen LogP contribution < -0.4 is 0 Å². The molecule has 1 amide bonds. The lowest BCUT2D eigenvalue weighted by Crippen LogP contribution is -2.41. The minimum Gasteiger partial charge on any atom is -0.506 e. The van der Waals surface area contributed by atoms with E-state index >= 15 is 0 Å². The third-order valence-electron chi connectivity index (χ3n) is 2.61. The number of nitrogens with zero attached hydrogens (tertiary/aromatic N) is 1. The highest BCUT2D eigenvalue weighted by Gasteiger charge is 2.22. The monoisotopic (exact) mass is 285 g/mol. The van der Waals surface area contributed by atoms with Gasteiger partial charge in [-0.2, -0.15) is 0 Å². The van der Waals surface area contributed by atoms with Gasteiger partial charge in [-0.3, -0.25) is 9.59 Å². The maximum atomic E-state index is 12.3. The maximum absolute atomic E-state index is 12.3. The molecule has 0 saturated carbocycles. The van der Waals surface area contributed by atoms with Crippen LogP contribution in [0, 0.1) is 0 Å². The van der Waals surface area contributed by atoms with Crippen molar-refractivity contribution in [1.29, 1.82) is 0 Å². The number of ether oxygens (including phenoxy) is 1. The first-order chi connectivity index (χ1) is 8.86. The number of amides is 1. The molecule has 6 heteroatoms. The zero-order chi connectivity index (χ0) is 14.6. The molecule has 1 rings (SSSR count). The van der Waals surface area contributed by atoms with E-state index in [0.29, 0.717) is 5.56 Å². The Hall–Kier alpha value is -1.75. The Morgan fingerprint density at radius 2 is 2.05 bits per heavy atom. The number of benzene rings is 1. The van der Waals surface area contributed by atoms with Crippen LogP contribution in [0.2, 0.25) is 5.02 Å². The molecule has 0 aliphatic heterocycles. The molecule has 104 valence electrons. The molecule has 1 N–H and O–H groups in total. The number of aromatic hydroxyl groups is 1. The van der Waals surface area contributed by atoms with Crippen molar-refractivity contribution in [2.24, 2.45) is 0 Å². The topological polar surface area (TPSA) is 66.8 Å². The SMILES string of the molecule is COC(=O)CN(C(=O)c1ccc(O)c(Cl)c1)C(C)C. The summed E-state index contributed by atoms with van der Waals surface area (Å²) < 4.78 is 4.56. The van der Waals surface area contributed by atoms with Gasteiger partial charge in [0.25, 0.3) is 5.91 Å². The molecule has 0 aromatic heterocycles. The fourth-order valence-corrected chi connectivity index (χ4v) is 1.68. The summed E-state index contributed by atoms with van der Waals surface area (Å²) in [6.07, 6.45) is 0. The summed E-state index contributed by atoms with van der Waals surface area (Å²) in [7, 11) is 1.27. The summed E-state index contributed by atoms with van der Waals surface area (Å²) >= 11 is 5.76. The first-order valence-corrected chi connectivity index (χ1v) is 6.11. The van der Waals surface area contributed by atoms with Crippen molar-refractivity contribution in [2.45, 2.75) is 19.9 Å². The van der Waals surface area contributed by atoms with E-state index in [4.69, 9.17) is 11.6 Å². The van der Waals surface area contributed by atoms with Crippen molar-refractivity contribution in [2.75, 3.05) is 13.7 Å². The Balaban J connectivity index is 2.99. The molecule has 0 bridgehead atoms. The van der Waals surface area contributed by atoms with Gasteiger partial charge in [-0.1, -0.05) is 11.6 Å². The molecule has 1 aromatic rings. The van der Waals surface area contributed by atoms with Crippen LogP contribution in [0.25, 0.3) is 0 Å². The van der Waals surface area contributed by atoms with E-state index < -0.39 is 5.97 Å². The van der Waals surface area contributed by atoms with Gasteiger partial charge in [0.2, 0.25) is 0 Å². The molecule has 0 spiro atoms. The Morgan fingerprint density at radius 3 is 2.53 bits per heavy atom. The van der Waals surface area contributed by atoms with Crippen molar-refractivity contribution in [3.8, 4) is 5.75 Å². The minimum absolute atomic E-state index is 0.0904. The number of phenolic OH excluding ortho intramolecular Hbond substituents is 1. The maximum Gasteiger partial charge on any atom is 0.325 e. The Kier molecular flexibility index (Phi) is 5.18. The van der Waals surface area contributed by atoms with Gasteiger partial charge >= 0.3 is 5.97 Å². The largest absolute Gasteiger partial charge is 0.506 e. The molecule has 19 heavy (non-hydrogen) atoms. The third kappa shape index (κ3) is 3.86. The number of hydrogen-bond donors (Lipinski definition) is 1. The smallest absolute Gasteiger partial charge is 0.325 e. The van der Waals surface area contributed by atoms with Crippen molar-refractivity contribution in [3.05, 3.63) is 28.8 Å². The third-order valence-corrected chi connectivity index (χ3v) is 2.91. The van der Waals surface area contributed by atoms with Crippen molar-refractivity contribution < 1.29 is 19.4 Å². The van der Waals surface area contributed by atoms with Gasteiger partial charge in [-0.15, -0.1) is 0 Å². The molecule has 0 fully saturated rings. The molecule has 0 radical (unpaired) electrons. The molecule has 0 atom stereocenters. The number of hydrogen-bond acceptors (Lipinski definition) is 4. The van der Waals surface area contributed by atoms with Gasteiger partial charge in [0.1, 0.15) is 12.3 Å². The fourth-order valence-electron chi connectivity index (χ4n) is 1.50. The Morgan fingerprint density at radius 1 is 1.42 bits per heavy atom. The van der Waals surface area contributed by atoms with E-state index in [2.05, 4.69) is 4.74 Å². The number of phenols is 1. The van der Waals surface area contributed by atoms with E-state index in [1.54, 1.807) is 13.8 Å². The van der Waals surface area contributed by atoms with Crippen LogP contribution >= 0.6 is 11.6 Å². The average molecular weight is 286 g/mol. The van der Waals surface area contributed by atoms with Crippen molar-refractivity contribution >= 4 is 23.5 Å². The second-order valence-corrected chi connectivity index (χ2v) is 4.68. The number of esters is 1. The van der Waals surface area contributed by atoms with Crippen LogP contribution in [0.15, 0.2) is 18.2 Å². The highest BCUT2D eigenvalue weighted by Crippen LogP contribution is 2.24. The van der Waals surface area contributed by atoms with E-state index in [-0.39, 0.29) is 29.3 Å². The van der Waals surface area contributed by atoms with E-state index in [1.165, 1.54) is 30.2 Å². The lowest BCUT2D eigenvalue weighted by atomic mass is 10.1. The summed E-state index contributed by atoms with van der Waals surface area (Å²) in [5.74, 6) is -0.934. The van der Waals surface area contributed by atoms with Gasteiger partial charge in [-0.25, -0.2) is 0 Å². The summed E-state index contributed by atoms with van der Waals surface area (Å²) in [5, 5.41) is 9.42. The van der Waals surface area contributed by atoms with E-state index in [0.717, 1.165) is 0 Å². The second kappa shape index (κ2) is 6.43. The molecule has 0 aliphatic carbocycles. The quantitative estimate of drug-likeness (QED) is 0.860. The van der Waals surface area contributed by atoms with Crippen molar-refractivity contribution in [1.82, 2.24) is 4.90 Å².